The van der Waals surface area contributed by atoms with E-state index in [1.54, 1.807) is 24.3 Å². The maximum atomic E-state index is 12.7. The molecule has 1 fully saturated rings. The third-order valence-corrected chi connectivity index (χ3v) is 4.76. The summed E-state index contributed by atoms with van der Waals surface area (Å²) in [5.74, 6) is 0.664. The summed E-state index contributed by atoms with van der Waals surface area (Å²) in [4.78, 5) is 24.2. The molecule has 0 aliphatic carbocycles. The van der Waals surface area contributed by atoms with Gasteiger partial charge in [-0.3, -0.25) is 9.59 Å². The second-order valence-electron chi connectivity index (χ2n) is 6.38. The van der Waals surface area contributed by atoms with E-state index in [2.05, 4.69) is 16.2 Å². The minimum absolute atomic E-state index is 0.00844. The van der Waals surface area contributed by atoms with E-state index >= 15 is 0 Å². The number of nitrogens with one attached hydrogen (secondary N) is 3. The number of hydrogen-bond acceptors (Lipinski definition) is 5. The molecular weight excluding hydrogens is 318 g/mol. The highest BCUT2D eigenvalue weighted by Gasteiger charge is 2.44. The summed E-state index contributed by atoms with van der Waals surface area (Å²) in [6.45, 7) is 1.97. The maximum Gasteiger partial charge on any atom is 0.243 e. The summed E-state index contributed by atoms with van der Waals surface area (Å²) in [7, 11) is 0. The number of ketones is 1. The fraction of sp³-hybridized carbons (Fsp3) is 0.263. The van der Waals surface area contributed by atoms with Gasteiger partial charge in [-0.15, -0.1) is 0 Å². The average Bonchev–Trinajstić information content (AvgIpc) is 3.06. The molecule has 6 nitrogen and oxygen atoms in total. The van der Waals surface area contributed by atoms with Crippen LogP contribution in [-0.4, -0.2) is 24.3 Å². The molecule has 0 aromatic heterocycles. The van der Waals surface area contributed by atoms with Crippen LogP contribution in [0.1, 0.15) is 28.9 Å². The molecule has 3 N–H and O–H groups in total. The third-order valence-electron chi connectivity index (χ3n) is 4.76. The molecule has 2 aliphatic rings. The molecule has 128 valence electrons. The molecule has 2 aromatic carbocycles. The number of amides is 1. The van der Waals surface area contributed by atoms with Crippen LogP contribution < -0.4 is 20.9 Å². The zero-order valence-corrected chi connectivity index (χ0v) is 13.8. The van der Waals surface area contributed by atoms with Gasteiger partial charge >= 0.3 is 0 Å². The molecule has 0 spiro atoms. The first-order valence-corrected chi connectivity index (χ1v) is 8.28. The van der Waals surface area contributed by atoms with Gasteiger partial charge in [-0.2, -0.15) is 0 Å². The van der Waals surface area contributed by atoms with Crippen molar-refractivity contribution in [2.75, 3.05) is 11.9 Å². The van der Waals surface area contributed by atoms with Crippen molar-refractivity contribution in [3.63, 3.8) is 0 Å². The summed E-state index contributed by atoms with van der Waals surface area (Å²) in [6, 6.07) is 14.4. The highest BCUT2D eigenvalue weighted by Crippen LogP contribution is 2.39. The molecule has 3 unspecified atom stereocenters. The van der Waals surface area contributed by atoms with E-state index in [1.165, 1.54) is 6.92 Å². The molecular formula is C19H19N3O3. The number of carbonyl (C=O) groups excluding carboxylic acids is 2. The van der Waals surface area contributed by atoms with Crippen LogP contribution in [0.5, 0.6) is 5.75 Å². The Morgan fingerprint density at radius 1 is 1.12 bits per heavy atom. The van der Waals surface area contributed by atoms with Gasteiger partial charge in [0.15, 0.2) is 5.78 Å². The van der Waals surface area contributed by atoms with Crippen LogP contribution in [0, 0.1) is 5.92 Å². The largest absolute Gasteiger partial charge is 0.493 e. The van der Waals surface area contributed by atoms with E-state index in [0.717, 1.165) is 11.3 Å². The molecule has 0 radical (unpaired) electrons. The summed E-state index contributed by atoms with van der Waals surface area (Å²) < 4.78 is 5.81. The Hall–Kier alpha value is -2.70. The lowest BCUT2D eigenvalue weighted by atomic mass is 9.87. The molecule has 25 heavy (non-hydrogen) atoms. The van der Waals surface area contributed by atoms with E-state index < -0.39 is 6.04 Å². The van der Waals surface area contributed by atoms with Crippen molar-refractivity contribution in [3.8, 4) is 5.75 Å². The number of rotatable bonds is 3. The van der Waals surface area contributed by atoms with E-state index in [0.29, 0.717) is 17.9 Å². The van der Waals surface area contributed by atoms with Gasteiger partial charge in [-0.25, -0.2) is 10.9 Å². The van der Waals surface area contributed by atoms with E-state index in [1.807, 2.05) is 24.3 Å². The van der Waals surface area contributed by atoms with Crippen LogP contribution in [0.3, 0.4) is 0 Å². The molecule has 2 aliphatic heterocycles. The van der Waals surface area contributed by atoms with Crippen molar-refractivity contribution in [1.29, 1.82) is 0 Å². The average molecular weight is 337 g/mol. The van der Waals surface area contributed by atoms with E-state index in [4.69, 9.17) is 4.74 Å². The SMILES string of the molecule is CC(=O)c1cccc(NC(=O)C2NNC3c4ccccc4OCC23)c1. The lowest BCUT2D eigenvalue weighted by Gasteiger charge is -2.29. The number of benzene rings is 2. The van der Waals surface area contributed by atoms with Crippen molar-refractivity contribution in [3.05, 3.63) is 59.7 Å². The molecule has 0 saturated carbocycles. The molecule has 0 bridgehead atoms. The predicted octanol–water partition coefficient (Wildman–Crippen LogP) is 2.05. The van der Waals surface area contributed by atoms with Crippen LogP contribution >= 0.6 is 0 Å². The van der Waals surface area contributed by atoms with Crippen molar-refractivity contribution < 1.29 is 14.3 Å². The van der Waals surface area contributed by atoms with Gasteiger partial charge in [0.25, 0.3) is 0 Å². The zero-order chi connectivity index (χ0) is 17.4. The van der Waals surface area contributed by atoms with Crippen LogP contribution in [0.15, 0.2) is 48.5 Å². The number of fused-ring (bicyclic) bond motifs is 3. The fourth-order valence-electron chi connectivity index (χ4n) is 3.44. The van der Waals surface area contributed by atoms with Crippen molar-refractivity contribution in [2.45, 2.75) is 19.0 Å². The molecule has 2 aromatic rings. The first kappa shape index (κ1) is 15.8. The fourth-order valence-corrected chi connectivity index (χ4v) is 3.44. The summed E-state index contributed by atoms with van der Waals surface area (Å²) in [6.07, 6.45) is 0. The summed E-state index contributed by atoms with van der Waals surface area (Å²) >= 11 is 0. The summed E-state index contributed by atoms with van der Waals surface area (Å²) in [5, 5.41) is 2.89. The zero-order valence-electron chi connectivity index (χ0n) is 13.8. The normalized spacial score (nSPS) is 24.0. The molecule has 1 saturated heterocycles. The Morgan fingerprint density at radius 3 is 2.80 bits per heavy atom. The van der Waals surface area contributed by atoms with Gasteiger partial charge in [0, 0.05) is 22.7 Å². The van der Waals surface area contributed by atoms with Gasteiger partial charge in [-0.1, -0.05) is 30.3 Å². The first-order valence-electron chi connectivity index (χ1n) is 8.28. The highest BCUT2D eigenvalue weighted by molar-refractivity contribution is 5.98. The number of hydrogen-bond donors (Lipinski definition) is 3. The number of anilines is 1. The first-order chi connectivity index (χ1) is 12.1. The number of ether oxygens (including phenoxy) is 1. The highest BCUT2D eigenvalue weighted by atomic mass is 16.5. The molecule has 3 atom stereocenters. The molecule has 2 heterocycles. The minimum atomic E-state index is -0.417. The Bertz CT molecular complexity index is 836. The van der Waals surface area contributed by atoms with Gasteiger partial charge in [0.05, 0.1) is 12.6 Å². The molecule has 4 rings (SSSR count). The lowest BCUT2D eigenvalue weighted by molar-refractivity contribution is -0.119. The maximum absolute atomic E-state index is 12.7. The van der Waals surface area contributed by atoms with E-state index in [-0.39, 0.29) is 23.7 Å². The van der Waals surface area contributed by atoms with Gasteiger partial charge < -0.3 is 10.1 Å². The van der Waals surface area contributed by atoms with E-state index in [9.17, 15) is 9.59 Å². The smallest absolute Gasteiger partial charge is 0.243 e. The van der Waals surface area contributed by atoms with Gasteiger partial charge in [-0.05, 0) is 25.1 Å². The monoisotopic (exact) mass is 337 g/mol. The Balaban J connectivity index is 1.51. The lowest BCUT2D eigenvalue weighted by Crippen LogP contribution is -2.43. The minimum Gasteiger partial charge on any atom is -0.493 e. The predicted molar refractivity (Wildman–Crippen MR) is 93.3 cm³/mol. The van der Waals surface area contributed by atoms with Crippen LogP contribution in [-0.2, 0) is 4.79 Å². The van der Waals surface area contributed by atoms with Gasteiger partial charge in [0.1, 0.15) is 11.8 Å². The molecule has 1 amide bonds. The quantitative estimate of drug-likeness (QED) is 0.747. The summed E-state index contributed by atoms with van der Waals surface area (Å²) in [5.41, 5.74) is 8.54. The standard InChI is InChI=1S/C19H19N3O3/c1-11(23)12-5-4-6-13(9-12)20-19(24)18-15-10-25-16-8-3-2-7-14(16)17(15)21-22-18/h2-9,15,17-18,21-22H,10H2,1H3,(H,20,24). The van der Waals surface area contributed by atoms with Gasteiger partial charge in [0.2, 0.25) is 5.91 Å². The van der Waals surface area contributed by atoms with Crippen LogP contribution in [0.2, 0.25) is 0 Å². The Kier molecular flexibility index (Phi) is 3.99. The number of para-hydroxylation sites is 1. The van der Waals surface area contributed by atoms with Crippen LogP contribution in [0.4, 0.5) is 5.69 Å². The third kappa shape index (κ3) is 2.90. The second kappa shape index (κ2) is 6.31. The Morgan fingerprint density at radius 2 is 1.96 bits per heavy atom. The topological polar surface area (TPSA) is 79.5 Å². The number of carbonyl (C=O) groups is 2. The van der Waals surface area contributed by atoms with Crippen molar-refractivity contribution in [1.82, 2.24) is 10.9 Å². The van der Waals surface area contributed by atoms with Crippen LogP contribution in [0.25, 0.3) is 0 Å². The number of Topliss-reactive ketones (excluding diaryl/α,β-unsaturated/α-hetero) is 1. The van der Waals surface area contributed by atoms with Crippen molar-refractivity contribution >= 4 is 17.4 Å². The Labute approximate surface area is 145 Å². The second-order valence-corrected chi connectivity index (χ2v) is 6.38. The number of hydrazine groups is 1. The molecule has 6 heteroatoms. The van der Waals surface area contributed by atoms with Crippen molar-refractivity contribution in [2.24, 2.45) is 5.92 Å².